The number of nitrogens with two attached hydrogens (primary N) is 1. The summed E-state index contributed by atoms with van der Waals surface area (Å²) >= 11 is 0. The molecule has 3 nitrogen and oxygen atoms in total. The third-order valence-corrected chi connectivity index (χ3v) is 11.4. The number of hydrogen-bond donors (Lipinski definition) is 3. The highest BCUT2D eigenvalue weighted by Gasteiger charge is 2.30. The van der Waals surface area contributed by atoms with Crippen molar-refractivity contribution >= 4 is 0 Å². The lowest BCUT2D eigenvalue weighted by Gasteiger charge is -2.28. The lowest BCUT2D eigenvalue weighted by molar-refractivity contribution is -0.183. The second-order valence-corrected chi connectivity index (χ2v) is 16.5. The molecular weight excluding hydrogens is 599 g/mol. The van der Waals surface area contributed by atoms with E-state index in [2.05, 4.69) is 13.8 Å². The minimum absolute atomic E-state index is 0.423. The Hall–Kier alpha value is -0.120. The standard InChI is InChI=1S/C46H95NO2/c1-3-5-7-9-11-13-15-17-19-21-23-25-27-29-31-33-35-37-39-41-43-45(47)46(48,49)44-42-40-38-36-34-32-30-28-26-24-22-20-18-16-14-12-10-8-6-4-2/h45,48-49H,3-44,47H2,1-2H3. The van der Waals surface area contributed by atoms with Gasteiger partial charge in [0, 0.05) is 6.42 Å². The van der Waals surface area contributed by atoms with E-state index in [1.165, 1.54) is 238 Å². The van der Waals surface area contributed by atoms with Crippen molar-refractivity contribution in [3.63, 3.8) is 0 Å². The Morgan fingerprint density at radius 1 is 0.306 bits per heavy atom. The molecule has 0 aromatic heterocycles. The summed E-state index contributed by atoms with van der Waals surface area (Å²) in [4.78, 5) is 0. The van der Waals surface area contributed by atoms with E-state index in [1.54, 1.807) is 0 Å². The van der Waals surface area contributed by atoms with E-state index >= 15 is 0 Å². The first kappa shape index (κ1) is 48.9. The summed E-state index contributed by atoms with van der Waals surface area (Å²) in [5, 5.41) is 21.0. The Morgan fingerprint density at radius 3 is 0.714 bits per heavy atom. The molecule has 0 amide bonds. The molecule has 0 radical (unpaired) electrons. The van der Waals surface area contributed by atoms with E-state index in [-0.39, 0.29) is 0 Å². The van der Waals surface area contributed by atoms with Gasteiger partial charge in [-0.05, 0) is 12.8 Å². The molecule has 0 rings (SSSR count). The molecule has 0 heterocycles. The molecular formula is C46H95NO2. The molecule has 0 saturated heterocycles. The smallest absolute Gasteiger partial charge is 0.178 e. The van der Waals surface area contributed by atoms with Crippen LogP contribution in [-0.2, 0) is 0 Å². The van der Waals surface area contributed by atoms with Crippen LogP contribution in [0.2, 0.25) is 0 Å². The van der Waals surface area contributed by atoms with E-state index in [0.717, 1.165) is 25.7 Å². The molecule has 1 atom stereocenters. The van der Waals surface area contributed by atoms with Gasteiger partial charge in [-0.25, -0.2) is 0 Å². The molecule has 49 heavy (non-hydrogen) atoms. The lowest BCUT2D eigenvalue weighted by atomic mass is 9.95. The van der Waals surface area contributed by atoms with Gasteiger partial charge in [-0.1, -0.05) is 264 Å². The van der Waals surface area contributed by atoms with Gasteiger partial charge in [0.25, 0.3) is 0 Å². The summed E-state index contributed by atoms with van der Waals surface area (Å²) in [6.07, 6.45) is 55.9. The van der Waals surface area contributed by atoms with Gasteiger partial charge in [0.05, 0.1) is 6.04 Å². The predicted molar refractivity (Wildman–Crippen MR) is 220 cm³/mol. The quantitative estimate of drug-likeness (QED) is 0.0440. The first-order valence-electron chi connectivity index (χ1n) is 23.2. The first-order chi connectivity index (χ1) is 24.0. The summed E-state index contributed by atoms with van der Waals surface area (Å²) < 4.78 is 0. The average molecular weight is 694 g/mol. The lowest BCUT2D eigenvalue weighted by Crippen LogP contribution is -2.47. The summed E-state index contributed by atoms with van der Waals surface area (Å²) in [6, 6.07) is -0.511. The third-order valence-electron chi connectivity index (χ3n) is 11.4. The van der Waals surface area contributed by atoms with Crippen LogP contribution >= 0.6 is 0 Å². The maximum atomic E-state index is 10.5. The monoisotopic (exact) mass is 694 g/mol. The number of hydrogen-bond acceptors (Lipinski definition) is 3. The van der Waals surface area contributed by atoms with Gasteiger partial charge < -0.3 is 15.9 Å². The fourth-order valence-electron chi connectivity index (χ4n) is 7.68. The van der Waals surface area contributed by atoms with Gasteiger partial charge in [-0.2, -0.15) is 0 Å². The molecule has 0 aliphatic carbocycles. The normalized spacial score (nSPS) is 12.7. The van der Waals surface area contributed by atoms with Gasteiger partial charge >= 0.3 is 0 Å². The van der Waals surface area contributed by atoms with E-state index in [4.69, 9.17) is 5.73 Å². The molecule has 1 unspecified atom stereocenters. The van der Waals surface area contributed by atoms with Crippen molar-refractivity contribution < 1.29 is 10.2 Å². The molecule has 296 valence electrons. The molecule has 0 spiro atoms. The van der Waals surface area contributed by atoms with Gasteiger partial charge in [0.1, 0.15) is 0 Å². The third kappa shape index (κ3) is 38.9. The zero-order valence-electron chi connectivity index (χ0n) is 34.2. The molecule has 0 aliphatic rings. The van der Waals surface area contributed by atoms with Crippen molar-refractivity contribution in [1.82, 2.24) is 0 Å². The van der Waals surface area contributed by atoms with Gasteiger partial charge in [0.15, 0.2) is 5.79 Å². The van der Waals surface area contributed by atoms with Gasteiger partial charge in [-0.15, -0.1) is 0 Å². The summed E-state index contributed by atoms with van der Waals surface area (Å²) in [5.41, 5.74) is 6.22. The topological polar surface area (TPSA) is 66.5 Å². The van der Waals surface area contributed by atoms with Crippen molar-refractivity contribution in [2.45, 2.75) is 295 Å². The Morgan fingerprint density at radius 2 is 0.490 bits per heavy atom. The highest BCUT2D eigenvalue weighted by molar-refractivity contribution is 4.79. The maximum Gasteiger partial charge on any atom is 0.178 e. The fourth-order valence-corrected chi connectivity index (χ4v) is 7.68. The van der Waals surface area contributed by atoms with Crippen LogP contribution in [0.3, 0.4) is 0 Å². The second kappa shape index (κ2) is 40.6. The molecule has 0 aliphatic heterocycles. The SMILES string of the molecule is CCCCCCCCCCCCCCCCCCCCCCC(N)C(O)(O)CCCCCCCCCCCCCCCCCCCCCC. The summed E-state index contributed by atoms with van der Waals surface area (Å²) in [7, 11) is 0. The highest BCUT2D eigenvalue weighted by Crippen LogP contribution is 2.21. The van der Waals surface area contributed by atoms with E-state index in [0.29, 0.717) is 6.42 Å². The molecule has 0 bridgehead atoms. The van der Waals surface area contributed by atoms with Gasteiger partial charge in [0.2, 0.25) is 0 Å². The predicted octanol–water partition coefficient (Wildman–Crippen LogP) is 15.4. The van der Waals surface area contributed by atoms with E-state index in [1.807, 2.05) is 0 Å². The molecule has 3 heteroatoms. The Bertz CT molecular complexity index is 594. The Balaban J connectivity index is 3.35. The second-order valence-electron chi connectivity index (χ2n) is 16.5. The van der Waals surface area contributed by atoms with Crippen molar-refractivity contribution in [3.8, 4) is 0 Å². The van der Waals surface area contributed by atoms with Crippen LogP contribution in [-0.4, -0.2) is 22.0 Å². The van der Waals surface area contributed by atoms with Crippen LogP contribution in [0.4, 0.5) is 0 Å². The minimum Gasteiger partial charge on any atom is -0.364 e. The molecule has 4 N–H and O–H groups in total. The van der Waals surface area contributed by atoms with Gasteiger partial charge in [-0.3, -0.25) is 0 Å². The first-order valence-corrected chi connectivity index (χ1v) is 23.2. The summed E-state index contributed by atoms with van der Waals surface area (Å²) in [5.74, 6) is -1.69. The van der Waals surface area contributed by atoms with E-state index in [9.17, 15) is 10.2 Å². The number of rotatable bonds is 43. The van der Waals surface area contributed by atoms with Crippen LogP contribution in [0.15, 0.2) is 0 Å². The van der Waals surface area contributed by atoms with Crippen LogP contribution in [0.5, 0.6) is 0 Å². The van der Waals surface area contributed by atoms with Crippen LogP contribution in [0, 0.1) is 0 Å². The zero-order valence-corrected chi connectivity index (χ0v) is 34.2. The molecule has 0 saturated carbocycles. The van der Waals surface area contributed by atoms with Crippen LogP contribution in [0.1, 0.15) is 284 Å². The number of aliphatic hydroxyl groups is 2. The molecule has 0 fully saturated rings. The number of unbranched alkanes of at least 4 members (excludes halogenated alkanes) is 38. The largest absolute Gasteiger partial charge is 0.364 e. The van der Waals surface area contributed by atoms with Crippen molar-refractivity contribution in [2.75, 3.05) is 0 Å². The fraction of sp³-hybridized carbons (Fsp3) is 1.00. The maximum absolute atomic E-state index is 10.5. The Kier molecular flexibility index (Phi) is 40.5. The molecule has 0 aromatic carbocycles. The van der Waals surface area contributed by atoms with Crippen molar-refractivity contribution in [2.24, 2.45) is 5.73 Å². The highest BCUT2D eigenvalue weighted by atomic mass is 16.5. The average Bonchev–Trinajstić information content (AvgIpc) is 3.09. The molecule has 0 aromatic rings. The summed E-state index contributed by atoms with van der Waals surface area (Å²) in [6.45, 7) is 4.59. The minimum atomic E-state index is -1.69. The van der Waals surface area contributed by atoms with Crippen LogP contribution in [0.25, 0.3) is 0 Å². The van der Waals surface area contributed by atoms with Crippen molar-refractivity contribution in [1.29, 1.82) is 0 Å². The van der Waals surface area contributed by atoms with E-state index < -0.39 is 11.8 Å². The van der Waals surface area contributed by atoms with Crippen LogP contribution < -0.4 is 5.73 Å². The van der Waals surface area contributed by atoms with Crippen molar-refractivity contribution in [3.05, 3.63) is 0 Å². The zero-order chi connectivity index (χ0) is 35.8. The Labute approximate surface area is 310 Å².